The molecule has 2 nitrogen and oxygen atoms in total. The van der Waals surface area contributed by atoms with Crippen LogP contribution < -0.4 is 0 Å². The molecule has 11 heavy (non-hydrogen) atoms. The average Bonchev–Trinajstić information content (AvgIpc) is 2.04. The lowest BCUT2D eigenvalue weighted by Gasteiger charge is -2.05. The van der Waals surface area contributed by atoms with Crippen LogP contribution in [0.25, 0.3) is 0 Å². The van der Waals surface area contributed by atoms with Gasteiger partial charge in [0.15, 0.2) is 0 Å². The van der Waals surface area contributed by atoms with Crippen LogP contribution in [0.5, 0.6) is 0 Å². The Kier molecular flexibility index (Phi) is 8.57. The summed E-state index contributed by atoms with van der Waals surface area (Å²) >= 11 is 1.80. The number of aliphatic hydroxyl groups is 1. The molecule has 0 aliphatic rings. The Labute approximate surface area is 73.3 Å². The van der Waals surface area contributed by atoms with Crippen LogP contribution in [0.1, 0.15) is 19.8 Å². The maximum Gasteiger partial charge on any atom is 0.0628 e. The molecule has 68 valence electrons. The molecule has 0 aromatic carbocycles. The number of thioether (sulfide) groups is 1. The van der Waals surface area contributed by atoms with Crippen LogP contribution in [0.4, 0.5) is 0 Å². The quantitative estimate of drug-likeness (QED) is 0.599. The van der Waals surface area contributed by atoms with Crippen LogP contribution in [0.2, 0.25) is 0 Å². The predicted octanol–water partition coefficient (Wildman–Crippen LogP) is 1.53. The molecule has 0 heterocycles. The molecule has 0 aromatic rings. The van der Waals surface area contributed by atoms with E-state index in [4.69, 9.17) is 9.84 Å². The van der Waals surface area contributed by atoms with E-state index in [1.54, 1.807) is 18.9 Å². The highest BCUT2D eigenvalue weighted by Crippen LogP contribution is 2.06. The van der Waals surface area contributed by atoms with E-state index in [1.807, 2.05) is 6.92 Å². The zero-order chi connectivity index (χ0) is 8.53. The van der Waals surface area contributed by atoms with E-state index in [1.165, 1.54) is 0 Å². The number of hydrogen-bond donors (Lipinski definition) is 1. The first-order valence-electron chi connectivity index (χ1n) is 4.06. The molecule has 0 spiro atoms. The zero-order valence-corrected chi connectivity index (χ0v) is 8.19. The van der Waals surface area contributed by atoms with Gasteiger partial charge in [-0.3, -0.25) is 0 Å². The molecule has 1 unspecified atom stereocenters. The number of rotatable bonds is 7. The van der Waals surface area contributed by atoms with E-state index >= 15 is 0 Å². The highest BCUT2D eigenvalue weighted by molar-refractivity contribution is 7.99. The SMILES string of the molecule is CCC(O)CSCCCOC. The normalized spacial score (nSPS) is 13.4. The second-order valence-corrected chi connectivity index (χ2v) is 3.63. The standard InChI is InChI=1S/C8H18O2S/c1-3-8(9)7-11-6-4-5-10-2/h8-9H,3-7H2,1-2H3. The summed E-state index contributed by atoms with van der Waals surface area (Å²) in [7, 11) is 1.71. The first-order chi connectivity index (χ1) is 5.31. The van der Waals surface area contributed by atoms with Crippen LogP contribution >= 0.6 is 11.8 Å². The monoisotopic (exact) mass is 178 g/mol. The Hall–Kier alpha value is 0.270. The van der Waals surface area contributed by atoms with E-state index in [2.05, 4.69) is 0 Å². The van der Waals surface area contributed by atoms with Crippen molar-refractivity contribution in [3.63, 3.8) is 0 Å². The Bertz CT molecular complexity index is 78.5. The van der Waals surface area contributed by atoms with Gasteiger partial charge in [0, 0.05) is 19.5 Å². The molecule has 0 aromatic heterocycles. The lowest BCUT2D eigenvalue weighted by Crippen LogP contribution is -2.08. The number of ether oxygens (including phenoxy) is 1. The van der Waals surface area contributed by atoms with Gasteiger partial charge in [0.05, 0.1) is 6.10 Å². The molecular formula is C8H18O2S. The van der Waals surface area contributed by atoms with Crippen LogP contribution in [-0.4, -0.2) is 36.4 Å². The van der Waals surface area contributed by atoms with E-state index in [0.29, 0.717) is 0 Å². The number of hydrogen-bond acceptors (Lipinski definition) is 3. The Balaban J connectivity index is 2.89. The fourth-order valence-corrected chi connectivity index (χ4v) is 1.64. The molecular weight excluding hydrogens is 160 g/mol. The van der Waals surface area contributed by atoms with Crippen molar-refractivity contribution in [2.75, 3.05) is 25.2 Å². The van der Waals surface area contributed by atoms with Gasteiger partial charge < -0.3 is 9.84 Å². The minimum atomic E-state index is -0.123. The van der Waals surface area contributed by atoms with Crippen molar-refractivity contribution in [1.29, 1.82) is 0 Å². The predicted molar refractivity (Wildman–Crippen MR) is 50.1 cm³/mol. The van der Waals surface area contributed by atoms with Crippen molar-refractivity contribution in [2.45, 2.75) is 25.9 Å². The van der Waals surface area contributed by atoms with E-state index in [0.717, 1.165) is 31.0 Å². The summed E-state index contributed by atoms with van der Waals surface area (Å²) in [5.41, 5.74) is 0. The van der Waals surface area contributed by atoms with Gasteiger partial charge in [0.2, 0.25) is 0 Å². The zero-order valence-electron chi connectivity index (χ0n) is 7.38. The lowest BCUT2D eigenvalue weighted by atomic mass is 10.3. The minimum absolute atomic E-state index is 0.123. The summed E-state index contributed by atoms with van der Waals surface area (Å²) in [5, 5.41) is 9.16. The molecule has 0 saturated carbocycles. The molecule has 1 atom stereocenters. The van der Waals surface area contributed by atoms with Gasteiger partial charge >= 0.3 is 0 Å². The Morgan fingerprint density at radius 1 is 1.55 bits per heavy atom. The van der Waals surface area contributed by atoms with Crippen molar-refractivity contribution in [3.05, 3.63) is 0 Å². The number of methoxy groups -OCH3 is 1. The summed E-state index contributed by atoms with van der Waals surface area (Å²) < 4.78 is 4.90. The third kappa shape index (κ3) is 8.17. The molecule has 1 N–H and O–H groups in total. The largest absolute Gasteiger partial charge is 0.392 e. The van der Waals surface area contributed by atoms with Crippen LogP contribution in [0.15, 0.2) is 0 Å². The Morgan fingerprint density at radius 3 is 2.82 bits per heavy atom. The van der Waals surface area contributed by atoms with Crippen LogP contribution in [-0.2, 0) is 4.74 Å². The maximum absolute atomic E-state index is 9.16. The first-order valence-corrected chi connectivity index (χ1v) is 5.21. The molecule has 0 saturated heterocycles. The molecule has 0 fully saturated rings. The highest BCUT2D eigenvalue weighted by atomic mass is 32.2. The van der Waals surface area contributed by atoms with Gasteiger partial charge in [-0.15, -0.1) is 0 Å². The molecule has 3 heteroatoms. The third-order valence-electron chi connectivity index (χ3n) is 1.42. The second-order valence-electron chi connectivity index (χ2n) is 2.48. The van der Waals surface area contributed by atoms with Gasteiger partial charge in [0.25, 0.3) is 0 Å². The first kappa shape index (κ1) is 11.3. The van der Waals surface area contributed by atoms with Crippen molar-refractivity contribution < 1.29 is 9.84 Å². The fourth-order valence-electron chi connectivity index (χ4n) is 0.643. The second kappa shape index (κ2) is 8.37. The van der Waals surface area contributed by atoms with Crippen molar-refractivity contribution in [1.82, 2.24) is 0 Å². The summed E-state index contributed by atoms with van der Waals surface area (Å²) in [6.07, 6.45) is 1.82. The van der Waals surface area contributed by atoms with E-state index in [-0.39, 0.29) is 6.10 Å². The molecule has 0 radical (unpaired) electrons. The summed E-state index contributed by atoms with van der Waals surface area (Å²) in [4.78, 5) is 0. The van der Waals surface area contributed by atoms with Gasteiger partial charge in [-0.1, -0.05) is 6.92 Å². The van der Waals surface area contributed by atoms with Gasteiger partial charge in [-0.05, 0) is 18.6 Å². The fraction of sp³-hybridized carbons (Fsp3) is 1.00. The highest BCUT2D eigenvalue weighted by Gasteiger charge is 1.98. The lowest BCUT2D eigenvalue weighted by molar-refractivity contribution is 0.194. The summed E-state index contributed by atoms with van der Waals surface area (Å²) in [6.45, 7) is 2.83. The third-order valence-corrected chi connectivity index (χ3v) is 2.62. The van der Waals surface area contributed by atoms with Crippen molar-refractivity contribution in [3.8, 4) is 0 Å². The van der Waals surface area contributed by atoms with E-state index < -0.39 is 0 Å². The van der Waals surface area contributed by atoms with Gasteiger partial charge in [0.1, 0.15) is 0 Å². The average molecular weight is 178 g/mol. The summed E-state index contributed by atoms with van der Waals surface area (Å²) in [5.74, 6) is 1.95. The molecule has 0 rings (SSSR count). The molecule has 0 bridgehead atoms. The topological polar surface area (TPSA) is 29.5 Å². The maximum atomic E-state index is 9.16. The molecule has 0 aliphatic heterocycles. The van der Waals surface area contributed by atoms with Gasteiger partial charge in [-0.25, -0.2) is 0 Å². The van der Waals surface area contributed by atoms with E-state index in [9.17, 15) is 0 Å². The molecule has 0 aliphatic carbocycles. The molecule has 0 amide bonds. The van der Waals surface area contributed by atoms with Crippen LogP contribution in [0.3, 0.4) is 0 Å². The Morgan fingerprint density at radius 2 is 2.27 bits per heavy atom. The van der Waals surface area contributed by atoms with Crippen molar-refractivity contribution in [2.24, 2.45) is 0 Å². The minimum Gasteiger partial charge on any atom is -0.392 e. The smallest absolute Gasteiger partial charge is 0.0628 e. The number of aliphatic hydroxyl groups excluding tert-OH is 1. The van der Waals surface area contributed by atoms with Gasteiger partial charge in [-0.2, -0.15) is 11.8 Å². The van der Waals surface area contributed by atoms with Crippen molar-refractivity contribution >= 4 is 11.8 Å². The summed E-state index contributed by atoms with van der Waals surface area (Å²) in [6, 6.07) is 0. The van der Waals surface area contributed by atoms with Crippen LogP contribution in [0, 0.1) is 0 Å².